The summed E-state index contributed by atoms with van der Waals surface area (Å²) in [5.74, 6) is 0.415. The van der Waals surface area contributed by atoms with Gasteiger partial charge in [-0.25, -0.2) is 8.42 Å². The smallest absolute Gasteiger partial charge is 0.243 e. The molecule has 1 heterocycles. The third kappa shape index (κ3) is 4.42. The maximum absolute atomic E-state index is 12.6. The van der Waals surface area contributed by atoms with Gasteiger partial charge in [0.1, 0.15) is 0 Å². The van der Waals surface area contributed by atoms with E-state index in [1.807, 2.05) is 19.2 Å². The molecule has 0 spiro atoms. The van der Waals surface area contributed by atoms with Crippen LogP contribution in [0.3, 0.4) is 0 Å². The molecular weight excluding hydrogens is 308 g/mol. The summed E-state index contributed by atoms with van der Waals surface area (Å²) in [6, 6.07) is 7.27. The predicted molar refractivity (Wildman–Crippen MR) is 88.5 cm³/mol. The highest BCUT2D eigenvalue weighted by atomic mass is 35.5. The molecule has 1 aliphatic heterocycles. The fourth-order valence-corrected chi connectivity index (χ4v) is 4.30. The molecule has 1 aromatic rings. The lowest BCUT2D eigenvalue weighted by Crippen LogP contribution is -2.42. The van der Waals surface area contributed by atoms with Gasteiger partial charge in [-0.2, -0.15) is 4.31 Å². The summed E-state index contributed by atoms with van der Waals surface area (Å²) in [6.45, 7) is 4.20. The number of halogens is 1. The highest BCUT2D eigenvalue weighted by molar-refractivity contribution is 7.89. The Morgan fingerprint density at radius 3 is 2.52 bits per heavy atom. The number of aryl methyl sites for hydroxylation is 1. The van der Waals surface area contributed by atoms with Crippen molar-refractivity contribution in [1.29, 1.82) is 0 Å². The number of benzene rings is 1. The molecule has 2 rings (SSSR count). The van der Waals surface area contributed by atoms with Crippen LogP contribution in [0.4, 0.5) is 0 Å². The van der Waals surface area contributed by atoms with Crippen LogP contribution in [0.15, 0.2) is 29.2 Å². The van der Waals surface area contributed by atoms with E-state index >= 15 is 0 Å². The zero-order valence-electron chi connectivity index (χ0n) is 12.7. The van der Waals surface area contributed by atoms with Crippen molar-refractivity contribution in [3.8, 4) is 0 Å². The molecule has 4 nitrogen and oxygen atoms in total. The molecule has 0 amide bonds. The van der Waals surface area contributed by atoms with Gasteiger partial charge in [-0.05, 0) is 56.5 Å². The molecule has 0 radical (unpaired) electrons. The molecule has 0 aliphatic carbocycles. The van der Waals surface area contributed by atoms with Crippen molar-refractivity contribution < 1.29 is 8.42 Å². The van der Waals surface area contributed by atoms with Crippen LogP contribution in [-0.4, -0.2) is 39.4 Å². The van der Waals surface area contributed by atoms with Crippen molar-refractivity contribution in [2.45, 2.75) is 31.1 Å². The molecule has 1 unspecified atom stereocenters. The second-order valence-corrected chi connectivity index (χ2v) is 7.36. The maximum atomic E-state index is 12.6. The van der Waals surface area contributed by atoms with Crippen molar-refractivity contribution in [1.82, 2.24) is 9.62 Å². The lowest BCUT2D eigenvalue weighted by atomic mass is 10.00. The van der Waals surface area contributed by atoms with Gasteiger partial charge in [-0.3, -0.25) is 0 Å². The van der Waals surface area contributed by atoms with Crippen LogP contribution in [0.5, 0.6) is 0 Å². The first-order chi connectivity index (χ1) is 9.57. The summed E-state index contributed by atoms with van der Waals surface area (Å²) in [4.78, 5) is 0.416. The largest absolute Gasteiger partial charge is 0.319 e. The van der Waals surface area contributed by atoms with Gasteiger partial charge in [0.15, 0.2) is 0 Å². The van der Waals surface area contributed by atoms with Crippen LogP contribution < -0.4 is 5.32 Å². The Kier molecular flexibility index (Phi) is 7.13. The number of sulfonamides is 1. The predicted octanol–water partition coefficient (Wildman–Crippen LogP) is 2.29. The zero-order chi connectivity index (χ0) is 14.6. The Labute approximate surface area is 134 Å². The van der Waals surface area contributed by atoms with E-state index in [1.165, 1.54) is 0 Å². The topological polar surface area (TPSA) is 49.4 Å². The summed E-state index contributed by atoms with van der Waals surface area (Å²) in [7, 11) is -1.42. The van der Waals surface area contributed by atoms with E-state index < -0.39 is 10.0 Å². The Hall–Kier alpha value is -0.620. The molecule has 1 N–H and O–H groups in total. The summed E-state index contributed by atoms with van der Waals surface area (Å²) in [5, 5.41) is 3.14. The number of nitrogens with one attached hydrogen (secondary N) is 1. The normalized spacial score (nSPS) is 20.0. The Morgan fingerprint density at radius 2 is 1.95 bits per heavy atom. The highest BCUT2D eigenvalue weighted by Crippen LogP contribution is 2.23. The number of hydrogen-bond donors (Lipinski definition) is 1. The minimum Gasteiger partial charge on any atom is -0.319 e. The van der Waals surface area contributed by atoms with E-state index in [4.69, 9.17) is 0 Å². The first kappa shape index (κ1) is 18.4. The Bertz CT molecular complexity index is 529. The van der Waals surface area contributed by atoms with Crippen molar-refractivity contribution in [2.75, 3.05) is 26.7 Å². The number of piperidine rings is 1. The minimum atomic E-state index is -3.33. The number of rotatable bonds is 5. The second kappa shape index (κ2) is 8.13. The molecule has 1 aromatic carbocycles. The average Bonchev–Trinajstić information content (AvgIpc) is 2.48. The van der Waals surface area contributed by atoms with Gasteiger partial charge in [0, 0.05) is 13.1 Å². The number of hydrogen-bond acceptors (Lipinski definition) is 3. The van der Waals surface area contributed by atoms with Gasteiger partial charge in [0.2, 0.25) is 10.0 Å². The van der Waals surface area contributed by atoms with Crippen molar-refractivity contribution in [3.63, 3.8) is 0 Å². The van der Waals surface area contributed by atoms with Crippen LogP contribution in [0.25, 0.3) is 0 Å². The van der Waals surface area contributed by atoms with Crippen molar-refractivity contribution in [3.05, 3.63) is 29.8 Å². The van der Waals surface area contributed by atoms with E-state index in [0.717, 1.165) is 31.4 Å². The zero-order valence-corrected chi connectivity index (χ0v) is 14.3. The van der Waals surface area contributed by atoms with E-state index in [-0.39, 0.29) is 12.4 Å². The highest BCUT2D eigenvalue weighted by Gasteiger charge is 2.29. The lowest BCUT2D eigenvalue weighted by molar-refractivity contribution is 0.263. The molecule has 0 bridgehead atoms. The summed E-state index contributed by atoms with van der Waals surface area (Å²) in [6.07, 6.45) is 2.97. The summed E-state index contributed by atoms with van der Waals surface area (Å²) >= 11 is 0. The van der Waals surface area contributed by atoms with Crippen molar-refractivity contribution >= 4 is 22.4 Å². The summed E-state index contributed by atoms with van der Waals surface area (Å²) < 4.78 is 26.9. The quantitative estimate of drug-likeness (QED) is 0.900. The third-order valence-electron chi connectivity index (χ3n) is 3.94. The van der Waals surface area contributed by atoms with Gasteiger partial charge in [0.25, 0.3) is 0 Å². The molecule has 1 saturated heterocycles. The van der Waals surface area contributed by atoms with Gasteiger partial charge in [0.05, 0.1) is 4.90 Å². The Morgan fingerprint density at radius 1 is 1.29 bits per heavy atom. The monoisotopic (exact) mass is 332 g/mol. The first-order valence-electron chi connectivity index (χ1n) is 7.31. The lowest BCUT2D eigenvalue weighted by Gasteiger charge is -2.31. The molecule has 120 valence electrons. The molecule has 21 heavy (non-hydrogen) atoms. The maximum Gasteiger partial charge on any atom is 0.243 e. The summed E-state index contributed by atoms with van der Waals surface area (Å²) in [5.41, 5.74) is 1.16. The van der Waals surface area contributed by atoms with Crippen LogP contribution >= 0.6 is 12.4 Å². The van der Waals surface area contributed by atoms with Crippen LogP contribution in [0.2, 0.25) is 0 Å². The SMILES string of the molecule is CCc1ccc(S(=O)(=O)N2CCCC(CNC)C2)cc1.Cl. The van der Waals surface area contributed by atoms with Crippen LogP contribution in [0.1, 0.15) is 25.3 Å². The van der Waals surface area contributed by atoms with Gasteiger partial charge >= 0.3 is 0 Å². The van der Waals surface area contributed by atoms with Gasteiger partial charge < -0.3 is 5.32 Å². The second-order valence-electron chi connectivity index (χ2n) is 5.43. The standard InChI is InChI=1S/C15H24N2O2S.ClH/c1-3-13-6-8-15(9-7-13)20(18,19)17-10-4-5-14(12-17)11-16-2;/h6-9,14,16H,3-5,10-12H2,1-2H3;1H. The first-order valence-corrected chi connectivity index (χ1v) is 8.75. The van der Waals surface area contributed by atoms with E-state index in [9.17, 15) is 8.42 Å². The Balaban J connectivity index is 0.00000220. The third-order valence-corrected chi connectivity index (χ3v) is 5.82. The fraction of sp³-hybridized carbons (Fsp3) is 0.600. The molecule has 1 fully saturated rings. The molecule has 1 atom stereocenters. The van der Waals surface area contributed by atoms with Crippen LogP contribution in [0, 0.1) is 5.92 Å². The van der Waals surface area contributed by atoms with E-state index in [2.05, 4.69) is 12.2 Å². The fourth-order valence-electron chi connectivity index (χ4n) is 2.75. The molecular formula is C15H25ClN2O2S. The molecule has 1 aliphatic rings. The minimum absolute atomic E-state index is 0. The van der Waals surface area contributed by atoms with Gasteiger partial charge in [-0.15, -0.1) is 12.4 Å². The van der Waals surface area contributed by atoms with E-state index in [1.54, 1.807) is 16.4 Å². The van der Waals surface area contributed by atoms with E-state index in [0.29, 0.717) is 23.9 Å². The molecule has 0 saturated carbocycles. The van der Waals surface area contributed by atoms with Gasteiger partial charge in [-0.1, -0.05) is 19.1 Å². The van der Waals surface area contributed by atoms with Crippen LogP contribution in [-0.2, 0) is 16.4 Å². The molecule has 6 heteroatoms. The number of nitrogens with zero attached hydrogens (tertiary/aromatic N) is 1. The molecule has 0 aromatic heterocycles. The average molecular weight is 333 g/mol. The van der Waals surface area contributed by atoms with Crippen molar-refractivity contribution in [2.24, 2.45) is 5.92 Å².